The van der Waals surface area contributed by atoms with Crippen molar-refractivity contribution in [3.8, 4) is 0 Å². The van der Waals surface area contributed by atoms with Gasteiger partial charge in [0.2, 0.25) is 0 Å². The highest BCUT2D eigenvalue weighted by atomic mass is 32.2. The van der Waals surface area contributed by atoms with E-state index in [1.54, 1.807) is 13.8 Å². The number of carbonyl (C=O) groups is 2. The Bertz CT molecular complexity index is 524. The zero-order valence-corrected chi connectivity index (χ0v) is 13.2. The van der Waals surface area contributed by atoms with Crippen LogP contribution in [0.2, 0.25) is 0 Å². The minimum atomic E-state index is -2.40. The molecule has 112 valence electrons. The van der Waals surface area contributed by atoms with E-state index in [0.717, 1.165) is 0 Å². The summed E-state index contributed by atoms with van der Waals surface area (Å²) in [5, 5.41) is 0. The lowest BCUT2D eigenvalue weighted by atomic mass is 9.74. The monoisotopic (exact) mass is 298 g/mol. The Hall–Kier alpha value is -1.11. The molecule has 20 heavy (non-hydrogen) atoms. The highest BCUT2D eigenvalue weighted by molar-refractivity contribution is 7.77. The van der Waals surface area contributed by atoms with Gasteiger partial charge in [-0.1, -0.05) is 34.6 Å². The van der Waals surface area contributed by atoms with Crippen molar-refractivity contribution in [2.24, 2.45) is 10.8 Å². The van der Waals surface area contributed by atoms with Gasteiger partial charge in [0.15, 0.2) is 11.6 Å². The molecule has 0 aliphatic heterocycles. The molecule has 5 nitrogen and oxygen atoms in total. The average molecular weight is 298 g/mol. The molecule has 0 aromatic rings. The fourth-order valence-corrected chi connectivity index (χ4v) is 2.49. The first kappa shape index (κ1) is 16.9. The zero-order valence-electron chi connectivity index (χ0n) is 12.4. The van der Waals surface area contributed by atoms with Crippen LogP contribution in [-0.2, 0) is 20.9 Å². The minimum absolute atomic E-state index is 0.0622. The molecule has 0 amide bonds. The standard InChI is InChI=1S/C14H21NO4S/c1-13(2,3)9-6-12(17)10(7-11(9)16)14(4,5)8-15-20(18)19/h6-7,15H,8H2,1-5H3,(H,18,19)/p-1. The number of nitrogens with one attached hydrogen (secondary N) is 1. The third kappa shape index (κ3) is 3.94. The second-order valence-corrected chi connectivity index (χ2v) is 7.29. The van der Waals surface area contributed by atoms with Crippen molar-refractivity contribution < 1.29 is 18.4 Å². The molecule has 0 bridgehead atoms. The Labute approximate surface area is 121 Å². The Balaban J connectivity index is 3.04. The summed E-state index contributed by atoms with van der Waals surface area (Å²) in [6.07, 6.45) is 2.70. The highest BCUT2D eigenvalue weighted by Gasteiger charge is 2.34. The van der Waals surface area contributed by atoms with E-state index in [-0.39, 0.29) is 18.1 Å². The molecular weight excluding hydrogens is 278 g/mol. The van der Waals surface area contributed by atoms with E-state index in [1.807, 2.05) is 20.8 Å². The van der Waals surface area contributed by atoms with Gasteiger partial charge in [-0.3, -0.25) is 13.8 Å². The summed E-state index contributed by atoms with van der Waals surface area (Å²) in [7, 11) is 0. The summed E-state index contributed by atoms with van der Waals surface area (Å²) in [4.78, 5) is 24.4. The summed E-state index contributed by atoms with van der Waals surface area (Å²) in [5.74, 6) is -0.429. The number of hydrogen-bond donors (Lipinski definition) is 1. The third-order valence-electron chi connectivity index (χ3n) is 3.25. The molecule has 0 fully saturated rings. The van der Waals surface area contributed by atoms with Crippen LogP contribution in [0.3, 0.4) is 0 Å². The number of hydrogen-bond acceptors (Lipinski definition) is 4. The van der Waals surface area contributed by atoms with Crippen LogP contribution >= 0.6 is 0 Å². The van der Waals surface area contributed by atoms with Crippen molar-refractivity contribution in [3.63, 3.8) is 0 Å². The fourth-order valence-electron chi connectivity index (χ4n) is 2.01. The Morgan fingerprint density at radius 1 is 1.05 bits per heavy atom. The van der Waals surface area contributed by atoms with Gasteiger partial charge in [-0.05, 0) is 17.6 Å². The molecule has 1 atom stereocenters. The van der Waals surface area contributed by atoms with Gasteiger partial charge in [0, 0.05) is 34.4 Å². The molecule has 0 radical (unpaired) electrons. The van der Waals surface area contributed by atoms with E-state index in [4.69, 9.17) is 0 Å². The summed E-state index contributed by atoms with van der Waals surface area (Å²) in [6, 6.07) is 0. The van der Waals surface area contributed by atoms with Crippen LogP contribution in [0, 0.1) is 10.8 Å². The topological polar surface area (TPSA) is 86.3 Å². The Morgan fingerprint density at radius 2 is 1.50 bits per heavy atom. The molecule has 1 aliphatic rings. The van der Waals surface area contributed by atoms with Crippen LogP contribution in [0.4, 0.5) is 0 Å². The van der Waals surface area contributed by atoms with Gasteiger partial charge in [0.05, 0.1) is 0 Å². The summed E-state index contributed by atoms with van der Waals surface area (Å²) < 4.78 is 23.4. The van der Waals surface area contributed by atoms with E-state index in [9.17, 15) is 18.4 Å². The quantitative estimate of drug-likeness (QED) is 0.628. The summed E-state index contributed by atoms with van der Waals surface area (Å²) in [5.41, 5.74) is -0.337. The number of carbonyl (C=O) groups excluding carboxylic acids is 2. The average Bonchev–Trinajstić information content (AvgIpc) is 2.27. The highest BCUT2D eigenvalue weighted by Crippen LogP contribution is 2.34. The molecule has 1 aliphatic carbocycles. The molecule has 0 saturated heterocycles. The lowest BCUT2D eigenvalue weighted by Gasteiger charge is -2.31. The maximum atomic E-state index is 12.2. The van der Waals surface area contributed by atoms with Crippen LogP contribution in [0.5, 0.6) is 0 Å². The number of ketones is 2. The van der Waals surface area contributed by atoms with E-state index in [0.29, 0.717) is 11.1 Å². The van der Waals surface area contributed by atoms with Crippen molar-refractivity contribution in [3.05, 3.63) is 23.3 Å². The van der Waals surface area contributed by atoms with Crippen LogP contribution < -0.4 is 4.72 Å². The molecule has 1 unspecified atom stereocenters. The van der Waals surface area contributed by atoms with Gasteiger partial charge in [-0.25, -0.2) is 4.72 Å². The molecule has 1 rings (SSSR count). The van der Waals surface area contributed by atoms with Gasteiger partial charge in [-0.2, -0.15) is 0 Å². The number of allylic oxidation sites excluding steroid dienone is 3. The van der Waals surface area contributed by atoms with Crippen molar-refractivity contribution >= 4 is 22.8 Å². The lowest BCUT2D eigenvalue weighted by Crippen LogP contribution is -2.36. The first-order valence-corrected chi connectivity index (χ1v) is 7.38. The normalized spacial score (nSPS) is 18.7. The van der Waals surface area contributed by atoms with E-state index in [1.165, 1.54) is 12.2 Å². The fraction of sp³-hybridized carbons (Fsp3) is 0.571. The largest absolute Gasteiger partial charge is 0.760 e. The molecule has 0 heterocycles. The smallest absolute Gasteiger partial charge is 0.182 e. The number of rotatable bonds is 4. The van der Waals surface area contributed by atoms with E-state index < -0.39 is 22.1 Å². The molecular formula is C14H20NO4S-. The predicted molar refractivity (Wildman–Crippen MR) is 76.3 cm³/mol. The van der Waals surface area contributed by atoms with Crippen molar-refractivity contribution in [1.29, 1.82) is 0 Å². The van der Waals surface area contributed by atoms with Crippen molar-refractivity contribution in [2.75, 3.05) is 6.54 Å². The van der Waals surface area contributed by atoms with Gasteiger partial charge >= 0.3 is 0 Å². The SMILES string of the molecule is CC(C)(C)C1=CC(=O)C(C(C)(C)CNS(=O)[O-])=CC1=O. The summed E-state index contributed by atoms with van der Waals surface area (Å²) >= 11 is -2.40. The van der Waals surface area contributed by atoms with Crippen LogP contribution in [-0.4, -0.2) is 26.9 Å². The van der Waals surface area contributed by atoms with Gasteiger partial charge in [0.1, 0.15) is 0 Å². The maximum Gasteiger partial charge on any atom is 0.182 e. The second-order valence-electron chi connectivity index (χ2n) is 6.53. The third-order valence-corrected chi connectivity index (χ3v) is 3.63. The molecule has 0 spiro atoms. The van der Waals surface area contributed by atoms with E-state index in [2.05, 4.69) is 4.72 Å². The van der Waals surface area contributed by atoms with Crippen molar-refractivity contribution in [1.82, 2.24) is 4.72 Å². The second kappa shape index (κ2) is 5.71. The minimum Gasteiger partial charge on any atom is -0.760 e. The first-order valence-electron chi connectivity index (χ1n) is 6.31. The van der Waals surface area contributed by atoms with E-state index >= 15 is 0 Å². The van der Waals surface area contributed by atoms with Crippen LogP contribution in [0.15, 0.2) is 23.3 Å². The molecule has 0 saturated carbocycles. The first-order chi connectivity index (χ1) is 8.95. The van der Waals surface area contributed by atoms with Gasteiger partial charge in [0.25, 0.3) is 0 Å². The molecule has 0 aromatic carbocycles. The van der Waals surface area contributed by atoms with Gasteiger partial charge in [-0.15, -0.1) is 0 Å². The molecule has 0 aromatic heterocycles. The molecule has 6 heteroatoms. The predicted octanol–water partition coefficient (Wildman–Crippen LogP) is 1.45. The van der Waals surface area contributed by atoms with Crippen LogP contribution in [0.1, 0.15) is 34.6 Å². The Kier molecular flexibility index (Phi) is 4.84. The van der Waals surface area contributed by atoms with Gasteiger partial charge < -0.3 is 4.55 Å². The molecule has 1 N–H and O–H groups in total. The Morgan fingerprint density at radius 3 is 1.95 bits per heavy atom. The van der Waals surface area contributed by atoms with Crippen molar-refractivity contribution in [2.45, 2.75) is 34.6 Å². The van der Waals surface area contributed by atoms with Crippen LogP contribution in [0.25, 0.3) is 0 Å². The maximum absolute atomic E-state index is 12.2. The zero-order chi connectivity index (χ0) is 15.7. The summed E-state index contributed by atoms with van der Waals surface area (Å²) in [6.45, 7) is 9.12. The lowest BCUT2D eigenvalue weighted by molar-refractivity contribution is -0.116.